The van der Waals surface area contributed by atoms with Gasteiger partial charge in [0.25, 0.3) is 0 Å². The lowest BCUT2D eigenvalue weighted by atomic mass is 9.77. The smallest absolute Gasteiger partial charge is 0.239 e. The molecule has 1 atom stereocenters. The predicted octanol–water partition coefficient (Wildman–Crippen LogP) is 2.49. The van der Waals surface area contributed by atoms with Crippen LogP contribution in [0.25, 0.3) is 0 Å². The molecule has 1 aliphatic rings. The fourth-order valence-corrected chi connectivity index (χ4v) is 2.25. The lowest BCUT2D eigenvalue weighted by Gasteiger charge is -2.24. The Balaban J connectivity index is 2.72. The van der Waals surface area contributed by atoms with Crippen LogP contribution in [0.1, 0.15) is 19.4 Å². The number of hydrogen-bond acceptors (Lipinski definition) is 3. The fraction of sp³-hybridized carbons (Fsp3) is 0.357. The van der Waals surface area contributed by atoms with E-state index in [1.807, 2.05) is 13.8 Å². The van der Waals surface area contributed by atoms with Crippen LogP contribution in [0.2, 0.25) is 0 Å². The van der Waals surface area contributed by atoms with E-state index in [0.717, 1.165) is 16.8 Å². The summed E-state index contributed by atoms with van der Waals surface area (Å²) < 4.78 is 10.6. The number of rotatable bonds is 3. The molecule has 96 valence electrons. The normalized spacial score (nSPS) is 21.2. The van der Waals surface area contributed by atoms with Crippen molar-refractivity contribution < 1.29 is 14.3 Å². The van der Waals surface area contributed by atoms with Crippen molar-refractivity contribution in [3.63, 3.8) is 0 Å². The minimum absolute atomic E-state index is 0.0865. The molecular formula is C14H17NO3. The number of methoxy groups -OCH3 is 2. The number of ether oxygens (including phenoxy) is 2. The molecule has 4 nitrogen and oxygen atoms in total. The van der Waals surface area contributed by atoms with E-state index >= 15 is 0 Å². The van der Waals surface area contributed by atoms with Gasteiger partial charge < -0.3 is 14.8 Å². The maximum absolute atomic E-state index is 12.2. The molecule has 1 amide bonds. The highest BCUT2D eigenvalue weighted by Gasteiger charge is 2.46. The number of nitrogens with one attached hydrogen (secondary N) is 1. The Bertz CT molecular complexity index is 536. The molecule has 18 heavy (non-hydrogen) atoms. The molecule has 4 heteroatoms. The van der Waals surface area contributed by atoms with E-state index in [1.54, 1.807) is 26.4 Å². The molecule has 0 saturated carbocycles. The number of hydrogen-bond donors (Lipinski definition) is 1. The quantitative estimate of drug-likeness (QED) is 0.835. The monoisotopic (exact) mass is 247 g/mol. The van der Waals surface area contributed by atoms with Crippen molar-refractivity contribution in [1.29, 1.82) is 0 Å². The van der Waals surface area contributed by atoms with E-state index in [9.17, 15) is 4.79 Å². The zero-order valence-electron chi connectivity index (χ0n) is 11.1. The van der Waals surface area contributed by atoms with Gasteiger partial charge in [-0.1, -0.05) is 12.2 Å². The van der Waals surface area contributed by atoms with Gasteiger partial charge in [-0.2, -0.15) is 0 Å². The number of fused-ring (bicyclic) bond motifs is 1. The van der Waals surface area contributed by atoms with Crippen molar-refractivity contribution in [1.82, 2.24) is 0 Å². The molecule has 0 fully saturated rings. The standard InChI is InChI=1S/C14H17NO3/c1-8(2)14(3)12-10(15-13(14)16)6-9(17-4)7-11(12)18-5/h6-7H,1H2,2-5H3,(H,15,16). The van der Waals surface area contributed by atoms with Crippen LogP contribution >= 0.6 is 0 Å². The van der Waals surface area contributed by atoms with Crippen molar-refractivity contribution in [2.75, 3.05) is 19.5 Å². The highest BCUT2D eigenvalue weighted by atomic mass is 16.5. The number of amides is 1. The Hall–Kier alpha value is -1.97. The van der Waals surface area contributed by atoms with Crippen LogP contribution in [0, 0.1) is 0 Å². The molecule has 1 N–H and O–H groups in total. The molecule has 2 rings (SSSR count). The SMILES string of the molecule is C=C(C)C1(C)C(=O)Nc2cc(OC)cc(OC)c21. The van der Waals surface area contributed by atoms with Gasteiger partial charge in [0.2, 0.25) is 5.91 Å². The molecule has 1 unspecified atom stereocenters. The van der Waals surface area contributed by atoms with Crippen LogP contribution < -0.4 is 14.8 Å². The van der Waals surface area contributed by atoms with Gasteiger partial charge in [0.15, 0.2) is 0 Å². The van der Waals surface area contributed by atoms with E-state index in [0.29, 0.717) is 11.5 Å². The average molecular weight is 247 g/mol. The third-order valence-corrected chi connectivity index (χ3v) is 3.59. The summed E-state index contributed by atoms with van der Waals surface area (Å²) in [6.45, 7) is 7.63. The van der Waals surface area contributed by atoms with Crippen LogP contribution in [0.3, 0.4) is 0 Å². The number of anilines is 1. The van der Waals surface area contributed by atoms with Gasteiger partial charge in [-0.25, -0.2) is 0 Å². The molecule has 1 heterocycles. The summed E-state index contributed by atoms with van der Waals surface area (Å²) in [7, 11) is 3.16. The van der Waals surface area contributed by atoms with Gasteiger partial charge in [-0.3, -0.25) is 4.79 Å². The number of carbonyl (C=O) groups is 1. The van der Waals surface area contributed by atoms with Crippen LogP contribution in [-0.4, -0.2) is 20.1 Å². The van der Waals surface area contributed by atoms with Gasteiger partial charge in [0.05, 0.1) is 25.3 Å². The third-order valence-electron chi connectivity index (χ3n) is 3.59. The second kappa shape index (κ2) is 4.05. The lowest BCUT2D eigenvalue weighted by molar-refractivity contribution is -0.119. The lowest BCUT2D eigenvalue weighted by Crippen LogP contribution is -2.32. The summed E-state index contributed by atoms with van der Waals surface area (Å²) >= 11 is 0. The minimum Gasteiger partial charge on any atom is -0.497 e. The molecule has 1 aliphatic heterocycles. The fourth-order valence-electron chi connectivity index (χ4n) is 2.25. The Morgan fingerprint density at radius 2 is 2.00 bits per heavy atom. The molecule has 1 aromatic carbocycles. The van der Waals surface area contributed by atoms with Gasteiger partial charge in [-0.05, 0) is 13.8 Å². The topological polar surface area (TPSA) is 47.6 Å². The van der Waals surface area contributed by atoms with Crippen molar-refractivity contribution >= 4 is 11.6 Å². The molecule has 0 aliphatic carbocycles. The highest BCUT2D eigenvalue weighted by molar-refractivity contribution is 6.09. The predicted molar refractivity (Wildman–Crippen MR) is 70.3 cm³/mol. The van der Waals surface area contributed by atoms with Crippen molar-refractivity contribution in [2.24, 2.45) is 0 Å². The Morgan fingerprint density at radius 1 is 1.33 bits per heavy atom. The molecule has 0 saturated heterocycles. The van der Waals surface area contributed by atoms with Gasteiger partial charge >= 0.3 is 0 Å². The summed E-state index contributed by atoms with van der Waals surface area (Å²) in [5.41, 5.74) is 1.57. The zero-order chi connectivity index (χ0) is 13.5. The third kappa shape index (κ3) is 1.49. The molecule has 1 aromatic rings. The van der Waals surface area contributed by atoms with E-state index in [-0.39, 0.29) is 5.91 Å². The van der Waals surface area contributed by atoms with Crippen LogP contribution in [0.5, 0.6) is 11.5 Å². The molecule has 0 radical (unpaired) electrons. The molecule has 0 aromatic heterocycles. The second-order valence-electron chi connectivity index (χ2n) is 4.61. The summed E-state index contributed by atoms with van der Waals surface area (Å²) in [5, 5.41) is 2.86. The summed E-state index contributed by atoms with van der Waals surface area (Å²) in [5.74, 6) is 1.20. The zero-order valence-corrected chi connectivity index (χ0v) is 11.1. The Labute approximate surface area is 107 Å². The first-order valence-corrected chi connectivity index (χ1v) is 5.69. The summed E-state index contributed by atoms with van der Waals surface area (Å²) in [6.07, 6.45) is 0. The van der Waals surface area contributed by atoms with Gasteiger partial charge in [-0.15, -0.1) is 0 Å². The second-order valence-corrected chi connectivity index (χ2v) is 4.61. The summed E-state index contributed by atoms with van der Waals surface area (Å²) in [6, 6.07) is 3.57. The first-order chi connectivity index (χ1) is 8.44. The van der Waals surface area contributed by atoms with Crippen molar-refractivity contribution in [2.45, 2.75) is 19.3 Å². The van der Waals surface area contributed by atoms with E-state index < -0.39 is 5.41 Å². The molecule has 0 bridgehead atoms. The first kappa shape index (κ1) is 12.5. The largest absolute Gasteiger partial charge is 0.497 e. The number of carbonyl (C=O) groups excluding carboxylic acids is 1. The van der Waals surface area contributed by atoms with Crippen LogP contribution in [0.4, 0.5) is 5.69 Å². The van der Waals surface area contributed by atoms with Crippen molar-refractivity contribution in [3.8, 4) is 11.5 Å². The maximum Gasteiger partial charge on any atom is 0.239 e. The minimum atomic E-state index is -0.757. The van der Waals surface area contributed by atoms with Gasteiger partial charge in [0, 0.05) is 17.7 Å². The number of benzene rings is 1. The van der Waals surface area contributed by atoms with Gasteiger partial charge in [0.1, 0.15) is 11.5 Å². The Kier molecular flexibility index (Phi) is 2.81. The van der Waals surface area contributed by atoms with E-state index in [1.165, 1.54) is 0 Å². The first-order valence-electron chi connectivity index (χ1n) is 5.69. The molecule has 0 spiro atoms. The Morgan fingerprint density at radius 3 is 2.50 bits per heavy atom. The van der Waals surface area contributed by atoms with Crippen LogP contribution in [-0.2, 0) is 10.2 Å². The maximum atomic E-state index is 12.2. The highest BCUT2D eigenvalue weighted by Crippen LogP contribution is 2.48. The van der Waals surface area contributed by atoms with E-state index in [4.69, 9.17) is 9.47 Å². The average Bonchev–Trinajstić information content (AvgIpc) is 2.61. The summed E-state index contributed by atoms with van der Waals surface area (Å²) in [4.78, 5) is 12.2. The van der Waals surface area contributed by atoms with Crippen molar-refractivity contribution in [3.05, 3.63) is 29.8 Å². The van der Waals surface area contributed by atoms with E-state index in [2.05, 4.69) is 11.9 Å². The molecular weight excluding hydrogens is 230 g/mol. The van der Waals surface area contributed by atoms with Crippen LogP contribution in [0.15, 0.2) is 24.3 Å².